The highest BCUT2D eigenvalue weighted by Gasteiger charge is 2.24. The molecule has 0 spiro atoms. The molecule has 2 rings (SSSR count). The number of nitrogens with one attached hydrogen (secondary N) is 1. The van der Waals surface area contributed by atoms with Gasteiger partial charge in [0.2, 0.25) is 5.91 Å². The summed E-state index contributed by atoms with van der Waals surface area (Å²) >= 11 is 7.35. The summed E-state index contributed by atoms with van der Waals surface area (Å²) < 4.78 is 6.59. The number of aromatic nitrogens is 2. The Bertz CT molecular complexity index is 762. The third-order valence-electron chi connectivity index (χ3n) is 3.73. The number of hydrogen-bond acceptors (Lipinski definition) is 5. The topological polar surface area (TPSA) is 73.2 Å². The van der Waals surface area contributed by atoms with E-state index >= 15 is 0 Å². The van der Waals surface area contributed by atoms with Gasteiger partial charge in [-0.15, -0.1) is 11.3 Å². The zero-order valence-electron chi connectivity index (χ0n) is 14.3. The van der Waals surface area contributed by atoms with Gasteiger partial charge in [0.25, 0.3) is 0 Å². The first-order chi connectivity index (χ1) is 11.3. The van der Waals surface area contributed by atoms with Gasteiger partial charge in [0.1, 0.15) is 11.0 Å². The SMILES string of the molecule is CCOC(=O)c1c(NC(=O)C(C)n2cc(Cl)c(C)n2)sc(C)c1C. The number of anilines is 1. The van der Waals surface area contributed by atoms with Crippen LogP contribution in [0.2, 0.25) is 5.02 Å². The molecule has 2 aromatic heterocycles. The summed E-state index contributed by atoms with van der Waals surface area (Å²) in [5.74, 6) is -0.707. The Kier molecular flexibility index (Phi) is 5.66. The molecule has 0 bridgehead atoms. The van der Waals surface area contributed by atoms with E-state index in [2.05, 4.69) is 10.4 Å². The predicted octanol–water partition coefficient (Wildman–Crippen LogP) is 3.90. The molecule has 0 aliphatic rings. The molecule has 6 nitrogen and oxygen atoms in total. The summed E-state index contributed by atoms with van der Waals surface area (Å²) in [5, 5.41) is 8.03. The van der Waals surface area contributed by atoms with E-state index in [1.54, 1.807) is 27.0 Å². The van der Waals surface area contributed by atoms with Crippen molar-refractivity contribution in [1.82, 2.24) is 9.78 Å². The first kappa shape index (κ1) is 18.5. The maximum absolute atomic E-state index is 12.5. The molecular formula is C16H20ClN3O3S. The number of thiophene rings is 1. The van der Waals surface area contributed by atoms with Crippen LogP contribution in [0.5, 0.6) is 0 Å². The molecule has 8 heteroatoms. The van der Waals surface area contributed by atoms with Crippen LogP contribution in [0.25, 0.3) is 0 Å². The number of hydrogen-bond donors (Lipinski definition) is 1. The lowest BCUT2D eigenvalue weighted by atomic mass is 10.1. The zero-order valence-corrected chi connectivity index (χ0v) is 15.8. The molecule has 1 N–H and O–H groups in total. The summed E-state index contributed by atoms with van der Waals surface area (Å²) in [5.41, 5.74) is 1.89. The number of ether oxygens (including phenoxy) is 1. The van der Waals surface area contributed by atoms with E-state index in [1.165, 1.54) is 16.0 Å². The molecule has 0 aliphatic heterocycles. The predicted molar refractivity (Wildman–Crippen MR) is 95.1 cm³/mol. The van der Waals surface area contributed by atoms with E-state index in [9.17, 15) is 9.59 Å². The van der Waals surface area contributed by atoms with Gasteiger partial charge in [0.15, 0.2) is 0 Å². The molecule has 1 atom stereocenters. The van der Waals surface area contributed by atoms with Crippen molar-refractivity contribution in [2.24, 2.45) is 0 Å². The van der Waals surface area contributed by atoms with E-state index in [0.29, 0.717) is 21.3 Å². The van der Waals surface area contributed by atoms with Crippen molar-refractivity contribution >= 4 is 39.8 Å². The standard InChI is InChI=1S/C16H20ClN3O3S/c1-6-23-16(22)13-8(2)11(5)24-15(13)18-14(21)10(4)20-7-12(17)9(3)19-20/h7,10H,6H2,1-5H3,(H,18,21). The molecule has 0 fully saturated rings. The van der Waals surface area contributed by atoms with Crippen LogP contribution in [-0.4, -0.2) is 28.3 Å². The summed E-state index contributed by atoms with van der Waals surface area (Å²) in [6.07, 6.45) is 1.61. The van der Waals surface area contributed by atoms with Gasteiger partial charge in [-0.2, -0.15) is 5.10 Å². The lowest BCUT2D eigenvalue weighted by Crippen LogP contribution is -2.24. The normalized spacial score (nSPS) is 12.1. The monoisotopic (exact) mass is 369 g/mol. The van der Waals surface area contributed by atoms with Crippen molar-refractivity contribution in [2.75, 3.05) is 11.9 Å². The molecule has 24 heavy (non-hydrogen) atoms. The minimum absolute atomic E-state index is 0.277. The number of amides is 1. The highest BCUT2D eigenvalue weighted by Crippen LogP contribution is 2.33. The fraction of sp³-hybridized carbons (Fsp3) is 0.438. The minimum Gasteiger partial charge on any atom is -0.462 e. The summed E-state index contributed by atoms with van der Waals surface area (Å²) in [7, 11) is 0. The number of carbonyl (C=O) groups excluding carboxylic acids is 2. The summed E-state index contributed by atoms with van der Waals surface area (Å²) in [4.78, 5) is 25.7. The van der Waals surface area contributed by atoms with Crippen LogP contribution in [0.4, 0.5) is 5.00 Å². The summed E-state index contributed by atoms with van der Waals surface area (Å²) in [6.45, 7) is 9.26. The number of rotatable bonds is 5. The Hall–Kier alpha value is -1.86. The number of nitrogens with zero attached hydrogens (tertiary/aromatic N) is 2. The molecule has 2 heterocycles. The summed E-state index contributed by atoms with van der Waals surface area (Å²) in [6, 6.07) is -0.561. The average Bonchev–Trinajstić information content (AvgIpc) is 2.99. The third kappa shape index (κ3) is 3.62. The quantitative estimate of drug-likeness (QED) is 0.811. The van der Waals surface area contributed by atoms with Crippen molar-refractivity contribution in [3.8, 4) is 0 Å². The number of halogens is 1. The molecule has 0 aromatic carbocycles. The van der Waals surface area contributed by atoms with Gasteiger partial charge in [0.05, 0.1) is 22.9 Å². The second kappa shape index (κ2) is 7.36. The molecule has 0 saturated carbocycles. The van der Waals surface area contributed by atoms with E-state index < -0.39 is 12.0 Å². The molecule has 130 valence electrons. The Balaban J connectivity index is 2.25. The average molecular weight is 370 g/mol. The lowest BCUT2D eigenvalue weighted by molar-refractivity contribution is -0.119. The first-order valence-electron chi connectivity index (χ1n) is 7.55. The zero-order chi connectivity index (χ0) is 18.0. The van der Waals surface area contributed by atoms with Crippen LogP contribution in [0.1, 0.15) is 46.4 Å². The van der Waals surface area contributed by atoms with Crippen molar-refractivity contribution in [3.63, 3.8) is 0 Å². The Morgan fingerprint density at radius 2 is 2.08 bits per heavy atom. The van der Waals surface area contributed by atoms with Gasteiger partial charge in [0, 0.05) is 11.1 Å². The second-order valence-electron chi connectivity index (χ2n) is 5.42. The van der Waals surface area contributed by atoms with Crippen LogP contribution in [0, 0.1) is 20.8 Å². The van der Waals surface area contributed by atoms with E-state index in [1.807, 2.05) is 13.8 Å². The third-order valence-corrected chi connectivity index (χ3v) is 5.23. The maximum atomic E-state index is 12.5. The van der Waals surface area contributed by atoms with E-state index in [0.717, 1.165) is 10.4 Å². The molecule has 2 aromatic rings. The molecule has 1 amide bonds. The van der Waals surface area contributed by atoms with Crippen LogP contribution >= 0.6 is 22.9 Å². The number of aryl methyl sites for hydroxylation is 2. The van der Waals surface area contributed by atoms with Crippen molar-refractivity contribution in [2.45, 2.75) is 40.7 Å². The van der Waals surface area contributed by atoms with Crippen LogP contribution in [-0.2, 0) is 9.53 Å². The smallest absolute Gasteiger partial charge is 0.341 e. The van der Waals surface area contributed by atoms with Gasteiger partial charge in [-0.1, -0.05) is 11.6 Å². The van der Waals surface area contributed by atoms with Crippen LogP contribution in [0.3, 0.4) is 0 Å². The minimum atomic E-state index is -0.561. The molecule has 0 aliphatic carbocycles. The van der Waals surface area contributed by atoms with E-state index in [-0.39, 0.29) is 12.5 Å². The van der Waals surface area contributed by atoms with Gasteiger partial charge < -0.3 is 10.1 Å². The Labute approximate surface area is 149 Å². The molecule has 1 unspecified atom stereocenters. The highest BCUT2D eigenvalue weighted by atomic mass is 35.5. The fourth-order valence-electron chi connectivity index (χ4n) is 2.16. The largest absolute Gasteiger partial charge is 0.462 e. The molecular weight excluding hydrogens is 350 g/mol. The fourth-order valence-corrected chi connectivity index (χ4v) is 3.35. The van der Waals surface area contributed by atoms with Crippen molar-refractivity contribution in [1.29, 1.82) is 0 Å². The van der Waals surface area contributed by atoms with Gasteiger partial charge in [-0.05, 0) is 40.2 Å². The van der Waals surface area contributed by atoms with E-state index in [4.69, 9.17) is 16.3 Å². The number of esters is 1. The second-order valence-corrected chi connectivity index (χ2v) is 7.05. The van der Waals surface area contributed by atoms with Gasteiger partial charge in [-0.25, -0.2) is 4.79 Å². The number of carbonyl (C=O) groups is 2. The Morgan fingerprint density at radius 3 is 2.62 bits per heavy atom. The molecule has 0 radical (unpaired) electrons. The maximum Gasteiger partial charge on any atom is 0.341 e. The Morgan fingerprint density at radius 1 is 1.42 bits per heavy atom. The molecule has 0 saturated heterocycles. The van der Waals surface area contributed by atoms with Crippen molar-refractivity contribution < 1.29 is 14.3 Å². The highest BCUT2D eigenvalue weighted by molar-refractivity contribution is 7.16. The van der Waals surface area contributed by atoms with Crippen LogP contribution < -0.4 is 5.32 Å². The lowest BCUT2D eigenvalue weighted by Gasteiger charge is -2.13. The van der Waals surface area contributed by atoms with Gasteiger partial charge in [-0.3, -0.25) is 9.48 Å². The van der Waals surface area contributed by atoms with Crippen molar-refractivity contribution in [3.05, 3.63) is 32.9 Å². The first-order valence-corrected chi connectivity index (χ1v) is 8.74. The van der Waals surface area contributed by atoms with Gasteiger partial charge >= 0.3 is 5.97 Å². The van der Waals surface area contributed by atoms with Crippen LogP contribution in [0.15, 0.2) is 6.20 Å².